The summed E-state index contributed by atoms with van der Waals surface area (Å²) in [5.41, 5.74) is 0.498. The molecular weight excluding hydrogens is 439 g/mol. The molecule has 0 saturated carbocycles. The zero-order chi connectivity index (χ0) is 22.4. The van der Waals surface area contributed by atoms with Gasteiger partial charge in [-0.1, -0.05) is 23.2 Å². The summed E-state index contributed by atoms with van der Waals surface area (Å²) in [6, 6.07) is 7.11. The van der Waals surface area contributed by atoms with E-state index in [0.29, 0.717) is 10.6 Å². The fourth-order valence-electron chi connectivity index (χ4n) is 2.36. The number of anilines is 1. The number of esters is 1. The fraction of sp³-hybridized carbons (Fsp3) is 0.263. The van der Waals surface area contributed by atoms with E-state index >= 15 is 0 Å². The first kappa shape index (κ1) is 23.2. The van der Waals surface area contributed by atoms with Crippen LogP contribution in [0.3, 0.4) is 0 Å². The minimum absolute atomic E-state index is 0.0141. The molecule has 1 atom stereocenters. The smallest absolute Gasteiger partial charge is 0.347 e. The van der Waals surface area contributed by atoms with Gasteiger partial charge >= 0.3 is 11.7 Å². The zero-order valence-corrected chi connectivity index (χ0v) is 17.7. The second-order valence-electron chi connectivity index (χ2n) is 6.09. The second kappa shape index (κ2) is 10.1. The molecule has 2 rings (SSSR count). The molecule has 0 bridgehead atoms. The average Bonchev–Trinajstić information content (AvgIpc) is 2.69. The highest BCUT2D eigenvalue weighted by atomic mass is 35.5. The maximum absolute atomic E-state index is 12.1. The van der Waals surface area contributed by atoms with E-state index in [9.17, 15) is 19.7 Å². The van der Waals surface area contributed by atoms with Crippen LogP contribution in [0, 0.1) is 17.0 Å². The number of hydrogen-bond donors (Lipinski definition) is 1. The Bertz CT molecular complexity index is 982. The Morgan fingerprint density at radius 1 is 1.20 bits per heavy atom. The first-order valence-electron chi connectivity index (χ1n) is 8.53. The highest BCUT2D eigenvalue weighted by Gasteiger charge is 2.21. The van der Waals surface area contributed by atoms with Gasteiger partial charge in [0, 0.05) is 22.8 Å². The van der Waals surface area contributed by atoms with Crippen LogP contribution in [0.5, 0.6) is 11.5 Å². The monoisotopic (exact) mass is 456 g/mol. The molecule has 11 heteroatoms. The van der Waals surface area contributed by atoms with Crippen LogP contribution in [0.2, 0.25) is 10.0 Å². The molecule has 0 aliphatic heterocycles. The van der Waals surface area contributed by atoms with Crippen molar-refractivity contribution in [1.29, 1.82) is 0 Å². The Balaban J connectivity index is 1.95. The molecule has 1 amide bonds. The summed E-state index contributed by atoms with van der Waals surface area (Å²) in [6.07, 6.45) is -1.03. The maximum atomic E-state index is 12.1. The van der Waals surface area contributed by atoms with Crippen molar-refractivity contribution in [1.82, 2.24) is 0 Å². The molecular formula is C19H18Cl2N2O7. The molecule has 0 aromatic heterocycles. The lowest BCUT2D eigenvalue weighted by Gasteiger charge is -2.15. The lowest BCUT2D eigenvalue weighted by atomic mass is 10.1. The number of nitrogens with zero attached hydrogens (tertiary/aromatic N) is 1. The minimum Gasteiger partial charge on any atom is -0.490 e. The summed E-state index contributed by atoms with van der Waals surface area (Å²) >= 11 is 11.8. The molecule has 0 fully saturated rings. The van der Waals surface area contributed by atoms with E-state index in [1.54, 1.807) is 13.0 Å². The van der Waals surface area contributed by atoms with E-state index in [-0.39, 0.29) is 27.9 Å². The number of hydrogen-bond acceptors (Lipinski definition) is 7. The van der Waals surface area contributed by atoms with Crippen LogP contribution in [0.25, 0.3) is 0 Å². The van der Waals surface area contributed by atoms with Gasteiger partial charge in [-0.3, -0.25) is 14.9 Å². The van der Waals surface area contributed by atoms with Gasteiger partial charge in [-0.15, -0.1) is 0 Å². The number of methoxy groups -OCH3 is 1. The number of nitrogens with one attached hydrogen (secondary N) is 1. The molecule has 30 heavy (non-hydrogen) atoms. The zero-order valence-electron chi connectivity index (χ0n) is 16.2. The molecule has 0 aliphatic carbocycles. The lowest BCUT2D eigenvalue weighted by Crippen LogP contribution is -2.30. The van der Waals surface area contributed by atoms with Crippen molar-refractivity contribution in [3.8, 4) is 11.5 Å². The number of benzene rings is 2. The van der Waals surface area contributed by atoms with Gasteiger partial charge in [-0.05, 0) is 37.6 Å². The second-order valence-corrected chi connectivity index (χ2v) is 6.93. The molecule has 0 radical (unpaired) electrons. The average molecular weight is 457 g/mol. The number of ether oxygens (including phenoxy) is 3. The Morgan fingerprint density at radius 3 is 2.50 bits per heavy atom. The molecule has 2 aromatic carbocycles. The quantitative estimate of drug-likeness (QED) is 0.359. The highest BCUT2D eigenvalue weighted by molar-refractivity contribution is 6.35. The first-order chi connectivity index (χ1) is 14.1. The number of nitro groups is 1. The molecule has 0 heterocycles. The standard InChI is InChI=1S/C19H18Cl2N2O7/c1-10-6-15(23(26)27)17(28-3)8-14(10)22-18(24)9-29-19(25)11(2)30-16-5-4-12(20)7-13(16)21/h4-8,11H,9H2,1-3H3,(H,22,24). The van der Waals surface area contributed by atoms with E-state index in [2.05, 4.69) is 5.32 Å². The van der Waals surface area contributed by atoms with Crippen molar-refractivity contribution in [2.45, 2.75) is 20.0 Å². The molecule has 2 aromatic rings. The topological polar surface area (TPSA) is 117 Å². The van der Waals surface area contributed by atoms with Crippen LogP contribution >= 0.6 is 23.2 Å². The molecule has 1 N–H and O–H groups in total. The SMILES string of the molecule is COc1cc(NC(=O)COC(=O)C(C)Oc2ccc(Cl)cc2Cl)c(C)cc1[N+](=O)[O-]. The number of carbonyl (C=O) groups is 2. The maximum Gasteiger partial charge on any atom is 0.347 e. The number of amides is 1. The predicted molar refractivity (Wildman–Crippen MR) is 111 cm³/mol. The minimum atomic E-state index is -1.03. The first-order valence-corrected chi connectivity index (χ1v) is 9.29. The molecule has 0 aliphatic rings. The summed E-state index contributed by atoms with van der Waals surface area (Å²) in [5, 5.41) is 14.2. The van der Waals surface area contributed by atoms with Crippen LogP contribution < -0.4 is 14.8 Å². The number of aryl methyl sites for hydroxylation is 1. The Morgan fingerprint density at radius 2 is 1.90 bits per heavy atom. The van der Waals surface area contributed by atoms with E-state index in [1.807, 2.05) is 0 Å². The number of nitro benzene ring substituents is 1. The fourth-order valence-corrected chi connectivity index (χ4v) is 2.82. The molecule has 1 unspecified atom stereocenters. The summed E-state index contributed by atoms with van der Waals surface area (Å²) in [5.74, 6) is -1.20. The predicted octanol–water partition coefficient (Wildman–Crippen LogP) is 4.17. The van der Waals surface area contributed by atoms with E-state index in [1.165, 1.54) is 38.3 Å². The van der Waals surface area contributed by atoms with Crippen molar-refractivity contribution in [3.63, 3.8) is 0 Å². The molecule has 0 spiro atoms. The molecule has 9 nitrogen and oxygen atoms in total. The van der Waals surface area contributed by atoms with Crippen LogP contribution in [0.1, 0.15) is 12.5 Å². The summed E-state index contributed by atoms with van der Waals surface area (Å²) in [6.45, 7) is 2.44. The van der Waals surface area contributed by atoms with Gasteiger partial charge in [0.25, 0.3) is 5.91 Å². The van der Waals surface area contributed by atoms with Crippen molar-refractivity contribution in [3.05, 3.63) is 56.1 Å². The van der Waals surface area contributed by atoms with Crippen LogP contribution in [0.15, 0.2) is 30.3 Å². The van der Waals surface area contributed by atoms with Crippen molar-refractivity contribution < 1.29 is 28.7 Å². The highest BCUT2D eigenvalue weighted by Crippen LogP contribution is 2.32. The van der Waals surface area contributed by atoms with Gasteiger partial charge in [0.2, 0.25) is 0 Å². The number of halogens is 2. The van der Waals surface area contributed by atoms with Crippen molar-refractivity contribution in [2.24, 2.45) is 0 Å². The summed E-state index contributed by atoms with van der Waals surface area (Å²) < 4.78 is 15.3. The Labute approximate surface area is 182 Å². The van der Waals surface area contributed by atoms with Crippen LogP contribution in [0.4, 0.5) is 11.4 Å². The third-order valence-corrected chi connectivity index (χ3v) is 4.40. The third-order valence-electron chi connectivity index (χ3n) is 3.87. The Hall–Kier alpha value is -3.04. The van der Waals surface area contributed by atoms with Gasteiger partial charge in [-0.25, -0.2) is 4.79 Å². The normalized spacial score (nSPS) is 11.4. The lowest BCUT2D eigenvalue weighted by molar-refractivity contribution is -0.385. The van der Waals surface area contributed by atoms with Gasteiger partial charge in [0.15, 0.2) is 18.5 Å². The van der Waals surface area contributed by atoms with Crippen molar-refractivity contribution >= 4 is 46.5 Å². The largest absolute Gasteiger partial charge is 0.490 e. The summed E-state index contributed by atoms with van der Waals surface area (Å²) in [7, 11) is 1.28. The van der Waals surface area contributed by atoms with Crippen LogP contribution in [-0.2, 0) is 14.3 Å². The third kappa shape index (κ3) is 5.98. The van der Waals surface area contributed by atoms with Gasteiger partial charge in [0.05, 0.1) is 17.1 Å². The van der Waals surface area contributed by atoms with Gasteiger partial charge < -0.3 is 19.5 Å². The van der Waals surface area contributed by atoms with E-state index in [0.717, 1.165) is 0 Å². The van der Waals surface area contributed by atoms with Crippen molar-refractivity contribution in [2.75, 3.05) is 19.0 Å². The van der Waals surface area contributed by atoms with Gasteiger partial charge in [-0.2, -0.15) is 0 Å². The van der Waals surface area contributed by atoms with Crippen LogP contribution in [-0.4, -0.2) is 36.6 Å². The Kier molecular flexibility index (Phi) is 7.85. The molecule has 160 valence electrons. The van der Waals surface area contributed by atoms with E-state index in [4.69, 9.17) is 37.4 Å². The molecule has 0 saturated heterocycles. The number of rotatable bonds is 8. The number of carbonyl (C=O) groups excluding carboxylic acids is 2. The summed E-state index contributed by atoms with van der Waals surface area (Å²) in [4.78, 5) is 34.6. The van der Waals surface area contributed by atoms with Gasteiger partial charge in [0.1, 0.15) is 5.75 Å². The van der Waals surface area contributed by atoms with E-state index < -0.39 is 29.5 Å².